The second-order valence-corrected chi connectivity index (χ2v) is 7.42. The number of rotatable bonds is 8. The maximum Gasteiger partial charge on any atom is 0.254 e. The quantitative estimate of drug-likeness (QED) is 0.675. The molecule has 2 rings (SSSR count). The first-order valence-corrected chi connectivity index (χ1v) is 8.98. The molecule has 0 atom stereocenters. The van der Waals surface area contributed by atoms with Crippen molar-refractivity contribution in [3.05, 3.63) is 47.3 Å². The van der Waals surface area contributed by atoms with Gasteiger partial charge in [-0.1, -0.05) is 38.5 Å². The topological polar surface area (TPSA) is 68.2 Å². The van der Waals surface area contributed by atoms with E-state index in [1.165, 1.54) is 5.56 Å². The van der Waals surface area contributed by atoms with Gasteiger partial charge in [0.15, 0.2) is 0 Å². The average Bonchev–Trinajstić information content (AvgIpc) is 3.04. The predicted octanol–water partition coefficient (Wildman–Crippen LogP) is 2.87. The summed E-state index contributed by atoms with van der Waals surface area (Å²) in [7, 11) is 1.67. The van der Waals surface area contributed by atoms with Gasteiger partial charge in [-0.3, -0.25) is 4.79 Å². The summed E-state index contributed by atoms with van der Waals surface area (Å²) in [5.74, 6) is -0.0955. The van der Waals surface area contributed by atoms with Crippen LogP contribution in [-0.2, 0) is 10.2 Å². The molecule has 2 aromatic rings. The fraction of sp³-hybridized carbons (Fsp3) is 0.500. The van der Waals surface area contributed by atoms with Gasteiger partial charge >= 0.3 is 0 Å². The van der Waals surface area contributed by atoms with Gasteiger partial charge in [-0.15, -0.1) is 12.4 Å². The second-order valence-electron chi connectivity index (χ2n) is 7.42. The van der Waals surface area contributed by atoms with Crippen molar-refractivity contribution in [2.45, 2.75) is 33.1 Å². The Labute approximate surface area is 168 Å². The van der Waals surface area contributed by atoms with Gasteiger partial charge in [-0.05, 0) is 19.1 Å². The fourth-order valence-corrected chi connectivity index (χ4v) is 2.58. The number of nitrogens with one attached hydrogen (secondary N) is 2. The van der Waals surface area contributed by atoms with Crippen molar-refractivity contribution in [3.8, 4) is 5.69 Å². The lowest BCUT2D eigenvalue weighted by Gasteiger charge is -2.17. The largest absolute Gasteiger partial charge is 0.383 e. The first-order chi connectivity index (χ1) is 12.3. The highest BCUT2D eigenvalue weighted by atomic mass is 35.5. The lowest BCUT2D eigenvalue weighted by atomic mass is 9.89. The number of benzene rings is 1. The summed E-state index contributed by atoms with van der Waals surface area (Å²) in [6.07, 6.45) is 1.82. The molecular weight excluding hydrogens is 364 g/mol. The van der Waals surface area contributed by atoms with Crippen molar-refractivity contribution in [1.82, 2.24) is 20.4 Å². The lowest BCUT2D eigenvalue weighted by molar-refractivity contribution is 0.0951. The Bertz CT molecular complexity index is 721. The van der Waals surface area contributed by atoms with Gasteiger partial charge in [0, 0.05) is 38.4 Å². The number of carbonyl (C=O) groups excluding carboxylic acids is 1. The summed E-state index contributed by atoms with van der Waals surface area (Å²) in [6.45, 7) is 10.9. The molecule has 0 aliphatic carbocycles. The SMILES string of the molecule is COCCNCCNC(=O)c1cn(-c2ccc(C)cc2)nc1C(C)(C)C.Cl. The molecule has 0 bridgehead atoms. The van der Waals surface area contributed by atoms with E-state index in [9.17, 15) is 4.79 Å². The first kappa shape index (κ1) is 23.1. The van der Waals surface area contributed by atoms with Crippen molar-refractivity contribution in [3.63, 3.8) is 0 Å². The Morgan fingerprint density at radius 1 is 1.15 bits per heavy atom. The molecule has 0 saturated heterocycles. The van der Waals surface area contributed by atoms with Crippen LogP contribution < -0.4 is 10.6 Å². The summed E-state index contributed by atoms with van der Waals surface area (Å²) < 4.78 is 6.77. The van der Waals surface area contributed by atoms with E-state index in [1.54, 1.807) is 11.8 Å². The van der Waals surface area contributed by atoms with Gasteiger partial charge in [0.05, 0.1) is 23.6 Å². The molecule has 0 aliphatic rings. The summed E-state index contributed by atoms with van der Waals surface area (Å²) >= 11 is 0. The molecule has 0 spiro atoms. The summed E-state index contributed by atoms with van der Waals surface area (Å²) in [4.78, 5) is 12.7. The number of amides is 1. The smallest absolute Gasteiger partial charge is 0.254 e. The van der Waals surface area contributed by atoms with Crippen LogP contribution in [0.15, 0.2) is 30.5 Å². The number of methoxy groups -OCH3 is 1. The van der Waals surface area contributed by atoms with Crippen molar-refractivity contribution in [1.29, 1.82) is 0 Å². The molecule has 1 aromatic heterocycles. The van der Waals surface area contributed by atoms with Gasteiger partial charge in [0.25, 0.3) is 5.91 Å². The number of ether oxygens (including phenoxy) is 1. The third-order valence-electron chi connectivity index (χ3n) is 4.04. The molecule has 150 valence electrons. The molecule has 27 heavy (non-hydrogen) atoms. The van der Waals surface area contributed by atoms with Crippen molar-refractivity contribution in [2.24, 2.45) is 0 Å². The highest BCUT2D eigenvalue weighted by molar-refractivity contribution is 5.95. The number of hydrogen-bond donors (Lipinski definition) is 2. The standard InChI is InChI=1S/C20H30N4O2.ClH/c1-15-6-8-16(9-7-15)24-14-17(18(23-24)20(2,3)4)19(25)22-11-10-21-12-13-26-5;/h6-9,14,21H,10-13H2,1-5H3,(H,22,25);1H. The van der Waals surface area contributed by atoms with Crippen LogP contribution in [0.1, 0.15) is 42.4 Å². The monoisotopic (exact) mass is 394 g/mol. The Hall–Kier alpha value is -1.89. The zero-order valence-corrected chi connectivity index (χ0v) is 17.7. The number of carbonyl (C=O) groups is 1. The van der Waals surface area contributed by atoms with E-state index in [2.05, 4.69) is 31.4 Å². The van der Waals surface area contributed by atoms with E-state index < -0.39 is 0 Å². The molecule has 1 amide bonds. The zero-order chi connectivity index (χ0) is 19.2. The van der Waals surface area contributed by atoms with E-state index in [1.807, 2.05) is 37.4 Å². The summed E-state index contributed by atoms with van der Waals surface area (Å²) in [6, 6.07) is 8.10. The number of aryl methyl sites for hydroxylation is 1. The average molecular weight is 395 g/mol. The Morgan fingerprint density at radius 2 is 1.81 bits per heavy atom. The molecular formula is C20H31ClN4O2. The van der Waals surface area contributed by atoms with E-state index in [4.69, 9.17) is 9.84 Å². The molecule has 0 unspecified atom stereocenters. The molecule has 7 heteroatoms. The Kier molecular flexibility index (Phi) is 8.96. The molecule has 0 saturated carbocycles. The first-order valence-electron chi connectivity index (χ1n) is 8.98. The van der Waals surface area contributed by atoms with Crippen LogP contribution in [0.25, 0.3) is 5.69 Å². The van der Waals surface area contributed by atoms with Crippen molar-refractivity contribution in [2.75, 3.05) is 33.4 Å². The molecule has 0 fully saturated rings. The maximum absolute atomic E-state index is 12.7. The zero-order valence-electron chi connectivity index (χ0n) is 16.8. The Morgan fingerprint density at radius 3 is 2.41 bits per heavy atom. The maximum atomic E-state index is 12.7. The predicted molar refractivity (Wildman–Crippen MR) is 111 cm³/mol. The van der Waals surface area contributed by atoms with Crippen LogP contribution in [0.4, 0.5) is 0 Å². The highest BCUT2D eigenvalue weighted by Gasteiger charge is 2.26. The second kappa shape index (κ2) is 10.4. The third kappa shape index (κ3) is 6.65. The van der Waals surface area contributed by atoms with Gasteiger partial charge in [-0.2, -0.15) is 5.10 Å². The van der Waals surface area contributed by atoms with Crippen LogP contribution in [0.3, 0.4) is 0 Å². The van der Waals surface area contributed by atoms with Crippen LogP contribution >= 0.6 is 12.4 Å². The highest BCUT2D eigenvalue weighted by Crippen LogP contribution is 2.25. The van der Waals surface area contributed by atoms with Crippen molar-refractivity contribution >= 4 is 18.3 Å². The number of nitrogens with zero attached hydrogens (tertiary/aromatic N) is 2. The lowest BCUT2D eigenvalue weighted by Crippen LogP contribution is -2.34. The normalized spacial score (nSPS) is 11.1. The van der Waals surface area contributed by atoms with Gasteiger partial charge in [0.1, 0.15) is 0 Å². The van der Waals surface area contributed by atoms with Crippen LogP contribution in [0, 0.1) is 6.92 Å². The molecule has 2 N–H and O–H groups in total. The minimum atomic E-state index is -0.223. The van der Waals surface area contributed by atoms with Crippen LogP contribution in [-0.4, -0.2) is 49.0 Å². The van der Waals surface area contributed by atoms with E-state index in [-0.39, 0.29) is 23.7 Å². The van der Waals surface area contributed by atoms with Crippen LogP contribution in [0.5, 0.6) is 0 Å². The Balaban J connectivity index is 0.00000364. The van der Waals surface area contributed by atoms with Gasteiger partial charge in [-0.25, -0.2) is 4.68 Å². The minimum absolute atomic E-state index is 0. The van der Waals surface area contributed by atoms with E-state index >= 15 is 0 Å². The van der Waals surface area contributed by atoms with E-state index in [0.717, 1.165) is 17.9 Å². The number of halogens is 1. The number of aromatic nitrogens is 2. The molecule has 0 radical (unpaired) electrons. The molecule has 6 nitrogen and oxygen atoms in total. The number of hydrogen-bond acceptors (Lipinski definition) is 4. The minimum Gasteiger partial charge on any atom is -0.383 e. The van der Waals surface area contributed by atoms with Gasteiger partial charge in [0.2, 0.25) is 0 Å². The fourth-order valence-electron chi connectivity index (χ4n) is 2.58. The van der Waals surface area contributed by atoms with E-state index in [0.29, 0.717) is 25.3 Å². The molecule has 1 heterocycles. The van der Waals surface area contributed by atoms with Gasteiger partial charge < -0.3 is 15.4 Å². The summed E-state index contributed by atoms with van der Waals surface area (Å²) in [5, 5.41) is 10.9. The van der Waals surface area contributed by atoms with Crippen LogP contribution in [0.2, 0.25) is 0 Å². The summed E-state index contributed by atoms with van der Waals surface area (Å²) in [5.41, 5.74) is 3.33. The molecule has 0 aliphatic heterocycles. The van der Waals surface area contributed by atoms with Crippen molar-refractivity contribution < 1.29 is 9.53 Å². The third-order valence-corrected chi connectivity index (χ3v) is 4.04. The molecule has 1 aromatic carbocycles.